The Morgan fingerprint density at radius 3 is 2.50 bits per heavy atom. The monoisotopic (exact) mass is 288 g/mol. The minimum atomic E-state index is -4.58. The minimum Gasteiger partial charge on any atom is -0.377 e. The van der Waals surface area contributed by atoms with Crippen LogP contribution in [0.3, 0.4) is 0 Å². The summed E-state index contributed by atoms with van der Waals surface area (Å²) in [6.07, 6.45) is -1.36. The van der Waals surface area contributed by atoms with Gasteiger partial charge in [0.05, 0.1) is 10.5 Å². The number of hydrogen-bond donors (Lipinski definition) is 1. The fourth-order valence-electron chi connectivity index (χ4n) is 2.28. The van der Waals surface area contributed by atoms with Gasteiger partial charge in [-0.3, -0.25) is 10.1 Å². The normalized spacial score (nSPS) is 17.4. The zero-order chi connectivity index (χ0) is 14.9. The number of nitrogens with one attached hydrogen (secondary N) is 1. The zero-order valence-electron chi connectivity index (χ0n) is 10.9. The molecule has 1 saturated carbocycles. The van der Waals surface area contributed by atoms with Crippen molar-refractivity contribution in [2.24, 2.45) is 5.92 Å². The first-order valence-electron chi connectivity index (χ1n) is 6.41. The second kappa shape index (κ2) is 5.30. The number of nitro groups is 1. The van der Waals surface area contributed by atoms with Gasteiger partial charge in [-0.2, -0.15) is 13.2 Å². The fourth-order valence-corrected chi connectivity index (χ4v) is 2.28. The molecule has 0 heterocycles. The molecule has 0 saturated heterocycles. The fraction of sp³-hybridized carbons (Fsp3) is 0.538. The van der Waals surface area contributed by atoms with Crippen molar-refractivity contribution in [1.82, 2.24) is 0 Å². The summed E-state index contributed by atoms with van der Waals surface area (Å²) in [4.78, 5) is 10.1. The van der Waals surface area contributed by atoms with Gasteiger partial charge < -0.3 is 5.32 Å². The van der Waals surface area contributed by atoms with E-state index in [-0.39, 0.29) is 11.7 Å². The molecule has 4 nitrogen and oxygen atoms in total. The van der Waals surface area contributed by atoms with Gasteiger partial charge in [-0.1, -0.05) is 6.42 Å². The molecule has 0 amide bonds. The molecule has 1 N–H and O–H groups in total. The van der Waals surface area contributed by atoms with E-state index in [4.69, 9.17) is 0 Å². The quantitative estimate of drug-likeness (QED) is 0.667. The molecule has 1 aromatic rings. The van der Waals surface area contributed by atoms with Crippen molar-refractivity contribution in [1.29, 1.82) is 0 Å². The Hall–Kier alpha value is -1.79. The second-order valence-electron chi connectivity index (χ2n) is 5.11. The van der Waals surface area contributed by atoms with Gasteiger partial charge in [-0.15, -0.1) is 0 Å². The summed E-state index contributed by atoms with van der Waals surface area (Å²) in [6, 6.07) is 2.59. The maximum absolute atomic E-state index is 12.6. The number of benzene rings is 1. The summed E-state index contributed by atoms with van der Waals surface area (Å²) in [6.45, 7) is 1.89. The van der Waals surface area contributed by atoms with E-state index in [0.717, 1.165) is 31.4 Å². The van der Waals surface area contributed by atoms with Gasteiger partial charge in [0.25, 0.3) is 5.69 Å². The van der Waals surface area contributed by atoms with Crippen molar-refractivity contribution in [3.05, 3.63) is 33.9 Å². The van der Waals surface area contributed by atoms with Gasteiger partial charge in [0.2, 0.25) is 0 Å². The van der Waals surface area contributed by atoms with E-state index < -0.39 is 22.4 Å². The smallest absolute Gasteiger partial charge is 0.377 e. The van der Waals surface area contributed by atoms with E-state index in [2.05, 4.69) is 5.32 Å². The second-order valence-corrected chi connectivity index (χ2v) is 5.11. The van der Waals surface area contributed by atoms with Crippen LogP contribution in [0.1, 0.15) is 31.7 Å². The van der Waals surface area contributed by atoms with Crippen LogP contribution in [0.2, 0.25) is 0 Å². The van der Waals surface area contributed by atoms with Crippen LogP contribution in [0.25, 0.3) is 0 Å². The molecule has 1 atom stereocenters. The number of halogens is 3. The molecule has 0 aliphatic heterocycles. The van der Waals surface area contributed by atoms with Crippen LogP contribution < -0.4 is 5.32 Å². The van der Waals surface area contributed by atoms with Gasteiger partial charge >= 0.3 is 6.18 Å². The summed E-state index contributed by atoms with van der Waals surface area (Å²) >= 11 is 0. The lowest BCUT2D eigenvalue weighted by Crippen LogP contribution is -2.31. The van der Waals surface area contributed by atoms with E-state index >= 15 is 0 Å². The zero-order valence-corrected chi connectivity index (χ0v) is 10.9. The third-order valence-electron chi connectivity index (χ3n) is 3.76. The van der Waals surface area contributed by atoms with Gasteiger partial charge in [0.1, 0.15) is 5.69 Å². The van der Waals surface area contributed by atoms with Gasteiger partial charge in [-0.05, 0) is 37.8 Å². The maximum atomic E-state index is 12.6. The van der Waals surface area contributed by atoms with Crippen LogP contribution in [0.5, 0.6) is 0 Å². The van der Waals surface area contributed by atoms with E-state index in [9.17, 15) is 23.3 Å². The Bertz CT molecular complexity index is 513. The van der Waals surface area contributed by atoms with Crippen molar-refractivity contribution in [3.8, 4) is 0 Å². The number of hydrogen-bond acceptors (Lipinski definition) is 3. The van der Waals surface area contributed by atoms with Crippen molar-refractivity contribution < 1.29 is 18.1 Å². The highest BCUT2D eigenvalue weighted by atomic mass is 19.4. The summed E-state index contributed by atoms with van der Waals surface area (Å²) in [5, 5.41) is 13.9. The van der Waals surface area contributed by atoms with Crippen molar-refractivity contribution in [2.45, 2.75) is 38.4 Å². The number of anilines is 1. The van der Waals surface area contributed by atoms with E-state index in [0.29, 0.717) is 12.0 Å². The topological polar surface area (TPSA) is 55.2 Å². The predicted molar refractivity (Wildman–Crippen MR) is 68.5 cm³/mol. The molecule has 1 aliphatic rings. The van der Waals surface area contributed by atoms with Crippen LogP contribution in [-0.2, 0) is 6.18 Å². The molecule has 20 heavy (non-hydrogen) atoms. The van der Waals surface area contributed by atoms with Crippen LogP contribution in [0.15, 0.2) is 18.2 Å². The molecular weight excluding hydrogens is 273 g/mol. The van der Waals surface area contributed by atoms with Crippen LogP contribution >= 0.6 is 0 Å². The molecule has 2 rings (SSSR count). The van der Waals surface area contributed by atoms with E-state index in [1.807, 2.05) is 6.92 Å². The molecule has 0 bridgehead atoms. The number of nitrogens with zero attached hydrogens (tertiary/aromatic N) is 1. The SMILES string of the molecule is CC(Nc1ccc(C(F)(F)F)cc1[N+](=O)[O-])C1CCC1. The Labute approximate surface area is 114 Å². The summed E-state index contributed by atoms with van der Waals surface area (Å²) in [5.74, 6) is 0.428. The predicted octanol–water partition coefficient (Wildman–Crippen LogP) is 4.21. The minimum absolute atomic E-state index is 0.0131. The molecule has 1 fully saturated rings. The van der Waals surface area contributed by atoms with Gasteiger partial charge in [0.15, 0.2) is 0 Å². The molecule has 1 aromatic carbocycles. The molecule has 110 valence electrons. The van der Waals surface area contributed by atoms with Crippen molar-refractivity contribution in [2.75, 3.05) is 5.32 Å². The standard InChI is InChI=1S/C13H15F3N2O2/c1-8(9-3-2-4-9)17-11-6-5-10(13(14,15)16)7-12(11)18(19)20/h5-9,17H,2-4H2,1H3. The molecular formula is C13H15F3N2O2. The molecule has 1 unspecified atom stereocenters. The molecule has 0 radical (unpaired) electrons. The first-order valence-corrected chi connectivity index (χ1v) is 6.41. The summed E-state index contributed by atoms with van der Waals surface area (Å²) < 4.78 is 37.7. The average Bonchev–Trinajstić information content (AvgIpc) is 2.24. The number of nitro benzene ring substituents is 1. The van der Waals surface area contributed by atoms with Crippen LogP contribution in [0, 0.1) is 16.0 Å². The first kappa shape index (κ1) is 14.6. The Morgan fingerprint density at radius 2 is 2.05 bits per heavy atom. The van der Waals surface area contributed by atoms with Gasteiger partial charge in [-0.25, -0.2) is 0 Å². The van der Waals surface area contributed by atoms with E-state index in [1.54, 1.807) is 0 Å². The summed E-state index contributed by atoms with van der Waals surface area (Å²) in [7, 11) is 0. The van der Waals surface area contributed by atoms with Crippen LogP contribution in [0.4, 0.5) is 24.5 Å². The Morgan fingerprint density at radius 1 is 1.40 bits per heavy atom. The maximum Gasteiger partial charge on any atom is 0.416 e. The largest absolute Gasteiger partial charge is 0.416 e. The molecule has 0 aromatic heterocycles. The number of alkyl halides is 3. The highest BCUT2D eigenvalue weighted by molar-refractivity contribution is 5.63. The van der Waals surface area contributed by atoms with Crippen LogP contribution in [-0.4, -0.2) is 11.0 Å². The third kappa shape index (κ3) is 3.02. The average molecular weight is 288 g/mol. The lowest BCUT2D eigenvalue weighted by Gasteiger charge is -2.32. The Balaban J connectivity index is 2.25. The van der Waals surface area contributed by atoms with E-state index in [1.165, 1.54) is 0 Å². The van der Waals surface area contributed by atoms with Gasteiger partial charge in [0, 0.05) is 12.1 Å². The lowest BCUT2D eigenvalue weighted by molar-refractivity contribution is -0.384. The lowest BCUT2D eigenvalue weighted by atomic mass is 9.80. The van der Waals surface area contributed by atoms with Crippen molar-refractivity contribution in [3.63, 3.8) is 0 Å². The highest BCUT2D eigenvalue weighted by Gasteiger charge is 2.33. The molecule has 1 aliphatic carbocycles. The highest BCUT2D eigenvalue weighted by Crippen LogP contribution is 2.37. The Kier molecular flexibility index (Phi) is 3.87. The third-order valence-corrected chi connectivity index (χ3v) is 3.76. The number of rotatable bonds is 4. The first-order chi connectivity index (χ1) is 9.29. The summed E-state index contributed by atoms with van der Waals surface area (Å²) in [5.41, 5.74) is -1.40. The molecule has 0 spiro atoms. The van der Waals surface area contributed by atoms with Crippen molar-refractivity contribution >= 4 is 11.4 Å². The molecule has 7 heteroatoms.